The van der Waals surface area contributed by atoms with Gasteiger partial charge in [-0.05, 0) is 12.8 Å². The van der Waals surface area contributed by atoms with Gasteiger partial charge in [0.25, 0.3) is 0 Å². The number of amides is 2. The molecule has 0 aliphatic heterocycles. The van der Waals surface area contributed by atoms with Crippen molar-refractivity contribution in [3.63, 3.8) is 0 Å². The smallest absolute Gasteiger partial charge is 0.328 e. The molecule has 4 N–H and O–H groups in total. The van der Waals surface area contributed by atoms with Gasteiger partial charge in [0, 0.05) is 37.4 Å². The summed E-state index contributed by atoms with van der Waals surface area (Å²) in [6.45, 7) is 0.971. The Morgan fingerprint density at radius 2 is 0.957 bits per heavy atom. The van der Waals surface area contributed by atoms with Crippen LogP contribution in [0.3, 0.4) is 0 Å². The molecule has 0 unspecified atom stereocenters. The van der Waals surface area contributed by atoms with Crippen molar-refractivity contribution in [2.24, 2.45) is 0 Å². The van der Waals surface area contributed by atoms with Gasteiger partial charge in [0.15, 0.2) is 0 Å². The van der Waals surface area contributed by atoms with E-state index < -0.39 is 23.8 Å². The zero-order valence-corrected chi connectivity index (χ0v) is 12.8. The second-order valence-electron chi connectivity index (χ2n) is 4.69. The maximum Gasteiger partial charge on any atom is 0.328 e. The SMILES string of the molecule is O=C(O)/C=C\C(=O)NCCCCCCCNC(=O)/C=C\C(=O)O. The van der Waals surface area contributed by atoms with Gasteiger partial charge < -0.3 is 20.8 Å². The molecule has 0 spiro atoms. The van der Waals surface area contributed by atoms with E-state index >= 15 is 0 Å². The number of nitrogens with one attached hydrogen (secondary N) is 2. The zero-order chi connectivity index (χ0) is 17.5. The van der Waals surface area contributed by atoms with Crippen molar-refractivity contribution in [3.8, 4) is 0 Å². The maximum atomic E-state index is 11.1. The summed E-state index contributed by atoms with van der Waals surface area (Å²) in [6.07, 6.45) is 7.88. The number of aliphatic carboxylic acids is 2. The summed E-state index contributed by atoms with van der Waals surface area (Å²) in [4.78, 5) is 42.7. The Morgan fingerprint density at radius 1 is 0.609 bits per heavy atom. The molecule has 0 aromatic carbocycles. The van der Waals surface area contributed by atoms with Crippen LogP contribution in [0, 0.1) is 0 Å². The summed E-state index contributed by atoms with van der Waals surface area (Å²) >= 11 is 0. The fraction of sp³-hybridized carbons (Fsp3) is 0.467. The van der Waals surface area contributed by atoms with Crippen LogP contribution in [0.2, 0.25) is 0 Å². The highest BCUT2D eigenvalue weighted by atomic mass is 16.4. The lowest BCUT2D eigenvalue weighted by atomic mass is 10.1. The number of hydrogen-bond donors (Lipinski definition) is 4. The Balaban J connectivity index is 3.43. The minimum Gasteiger partial charge on any atom is -0.478 e. The van der Waals surface area contributed by atoms with Gasteiger partial charge in [0.05, 0.1) is 0 Å². The summed E-state index contributed by atoms with van der Waals surface area (Å²) in [5, 5.41) is 21.8. The number of carbonyl (C=O) groups excluding carboxylic acids is 2. The summed E-state index contributed by atoms with van der Waals surface area (Å²) in [6, 6.07) is 0. The molecule has 0 saturated heterocycles. The third-order valence-corrected chi connectivity index (χ3v) is 2.71. The average Bonchev–Trinajstić information content (AvgIpc) is 2.49. The van der Waals surface area contributed by atoms with Crippen LogP contribution < -0.4 is 10.6 Å². The van der Waals surface area contributed by atoms with Crippen molar-refractivity contribution >= 4 is 23.8 Å². The fourth-order valence-corrected chi connectivity index (χ4v) is 1.62. The van der Waals surface area contributed by atoms with Crippen LogP contribution in [0.1, 0.15) is 32.1 Å². The van der Waals surface area contributed by atoms with E-state index in [2.05, 4.69) is 10.6 Å². The molecule has 0 atom stereocenters. The second kappa shape index (κ2) is 13.1. The standard InChI is InChI=1S/C15H22N2O6/c18-12(6-8-14(20)21)16-10-4-2-1-3-5-11-17-13(19)7-9-15(22)23/h6-9H,1-5,10-11H2,(H,16,18)(H,17,19)(H,20,21)(H,22,23)/b8-6-,9-7-. The fourth-order valence-electron chi connectivity index (χ4n) is 1.62. The molecule has 0 aliphatic carbocycles. The summed E-state index contributed by atoms with van der Waals surface area (Å²) in [7, 11) is 0. The predicted octanol–water partition coefficient (Wildman–Crippen LogP) is 0.451. The highest BCUT2D eigenvalue weighted by Gasteiger charge is 1.98. The number of rotatable bonds is 12. The largest absolute Gasteiger partial charge is 0.478 e. The summed E-state index contributed by atoms with van der Waals surface area (Å²) in [5.74, 6) is -3.18. The number of hydrogen-bond acceptors (Lipinski definition) is 4. The first-order valence-corrected chi connectivity index (χ1v) is 7.29. The molecular formula is C15H22N2O6. The van der Waals surface area contributed by atoms with E-state index in [1.165, 1.54) is 0 Å². The third-order valence-electron chi connectivity index (χ3n) is 2.71. The molecular weight excluding hydrogens is 304 g/mol. The molecule has 0 rings (SSSR count). The Labute approximate surface area is 134 Å². The average molecular weight is 326 g/mol. The van der Waals surface area contributed by atoms with Gasteiger partial charge in [-0.15, -0.1) is 0 Å². The Bertz CT molecular complexity index is 429. The Kier molecular flexibility index (Phi) is 11.6. The molecule has 0 bridgehead atoms. The van der Waals surface area contributed by atoms with E-state index in [9.17, 15) is 19.2 Å². The molecule has 0 aliphatic rings. The molecule has 0 aromatic rings. The van der Waals surface area contributed by atoms with Crippen LogP contribution >= 0.6 is 0 Å². The molecule has 0 fully saturated rings. The van der Waals surface area contributed by atoms with E-state index in [-0.39, 0.29) is 0 Å². The molecule has 8 heteroatoms. The van der Waals surface area contributed by atoms with Gasteiger partial charge in [-0.2, -0.15) is 0 Å². The first-order chi connectivity index (χ1) is 10.9. The lowest BCUT2D eigenvalue weighted by Gasteiger charge is -2.04. The van der Waals surface area contributed by atoms with Crippen LogP contribution in [0.5, 0.6) is 0 Å². The van der Waals surface area contributed by atoms with Gasteiger partial charge in [0.1, 0.15) is 0 Å². The van der Waals surface area contributed by atoms with Crippen molar-refractivity contribution in [1.82, 2.24) is 10.6 Å². The van der Waals surface area contributed by atoms with Crippen molar-refractivity contribution in [2.75, 3.05) is 13.1 Å². The third kappa shape index (κ3) is 15.6. The van der Waals surface area contributed by atoms with Crippen LogP contribution in [0.25, 0.3) is 0 Å². The summed E-state index contributed by atoms with van der Waals surface area (Å²) in [5.41, 5.74) is 0. The molecule has 0 heterocycles. The van der Waals surface area contributed by atoms with Crippen LogP contribution in [0.4, 0.5) is 0 Å². The predicted molar refractivity (Wildman–Crippen MR) is 82.7 cm³/mol. The summed E-state index contributed by atoms with van der Waals surface area (Å²) < 4.78 is 0. The van der Waals surface area contributed by atoms with E-state index in [1.807, 2.05) is 0 Å². The highest BCUT2D eigenvalue weighted by molar-refractivity contribution is 5.94. The number of carboxylic acids is 2. The number of carboxylic acid groups (broad SMARTS) is 2. The molecule has 2 amide bonds. The van der Waals surface area contributed by atoms with Gasteiger partial charge in [0.2, 0.25) is 11.8 Å². The topological polar surface area (TPSA) is 133 Å². The molecule has 0 aromatic heterocycles. The Morgan fingerprint density at radius 3 is 1.30 bits per heavy atom. The van der Waals surface area contributed by atoms with Gasteiger partial charge >= 0.3 is 11.9 Å². The first-order valence-electron chi connectivity index (χ1n) is 7.29. The normalized spacial score (nSPS) is 10.8. The van der Waals surface area contributed by atoms with Crippen molar-refractivity contribution in [2.45, 2.75) is 32.1 Å². The molecule has 128 valence electrons. The second-order valence-corrected chi connectivity index (χ2v) is 4.69. The van der Waals surface area contributed by atoms with Crippen molar-refractivity contribution < 1.29 is 29.4 Å². The molecule has 0 saturated carbocycles. The van der Waals surface area contributed by atoms with E-state index in [0.717, 1.165) is 56.4 Å². The Hall–Kier alpha value is -2.64. The van der Waals surface area contributed by atoms with Gasteiger partial charge in [-0.3, -0.25) is 9.59 Å². The van der Waals surface area contributed by atoms with Crippen LogP contribution in [-0.4, -0.2) is 47.1 Å². The monoisotopic (exact) mass is 326 g/mol. The zero-order valence-electron chi connectivity index (χ0n) is 12.8. The van der Waals surface area contributed by atoms with Crippen molar-refractivity contribution in [3.05, 3.63) is 24.3 Å². The minimum absolute atomic E-state index is 0.426. The lowest BCUT2D eigenvalue weighted by molar-refractivity contribution is -0.132. The van der Waals surface area contributed by atoms with Gasteiger partial charge in [-0.1, -0.05) is 19.3 Å². The van der Waals surface area contributed by atoms with Crippen LogP contribution in [-0.2, 0) is 19.2 Å². The van der Waals surface area contributed by atoms with E-state index in [0.29, 0.717) is 13.1 Å². The maximum absolute atomic E-state index is 11.1. The van der Waals surface area contributed by atoms with E-state index in [1.54, 1.807) is 0 Å². The number of unbranched alkanes of at least 4 members (excludes halogenated alkanes) is 4. The quantitative estimate of drug-likeness (QED) is 0.304. The molecule has 8 nitrogen and oxygen atoms in total. The highest BCUT2D eigenvalue weighted by Crippen LogP contribution is 2.01. The first kappa shape index (κ1) is 20.4. The molecule has 23 heavy (non-hydrogen) atoms. The van der Waals surface area contributed by atoms with E-state index in [4.69, 9.17) is 10.2 Å². The lowest BCUT2D eigenvalue weighted by Crippen LogP contribution is -2.22. The number of carbonyl (C=O) groups is 4. The minimum atomic E-state index is -1.16. The molecule has 0 radical (unpaired) electrons. The van der Waals surface area contributed by atoms with Crippen LogP contribution in [0.15, 0.2) is 24.3 Å². The van der Waals surface area contributed by atoms with Gasteiger partial charge in [-0.25, -0.2) is 9.59 Å². The van der Waals surface area contributed by atoms with Crippen molar-refractivity contribution in [1.29, 1.82) is 0 Å².